The van der Waals surface area contributed by atoms with E-state index in [1.807, 2.05) is 0 Å². The fourth-order valence-electron chi connectivity index (χ4n) is 13.1. The van der Waals surface area contributed by atoms with E-state index in [1.54, 1.807) is 30.3 Å². The third-order valence-corrected chi connectivity index (χ3v) is 18.6. The minimum Gasteiger partial charge on any atom is -0.463 e. The predicted octanol–water partition coefficient (Wildman–Crippen LogP) is -1.92. The zero-order valence-electron chi connectivity index (χ0n) is 77.7. The molecule has 0 radical (unpaired) electrons. The Morgan fingerprint density at radius 2 is 0.593 bits per heavy atom. The fourth-order valence-corrected chi connectivity index (χ4v) is 13.1. The molecule has 49 heteroatoms. The monoisotopic (exact) mass is 1940 g/mol. The molecule has 0 saturated carbocycles. The Morgan fingerprint density at radius 1 is 0.311 bits per heavy atom. The molecule has 3 fully saturated rings. The quantitative estimate of drug-likeness (QED) is 0.0212. The maximum atomic E-state index is 14.4. The van der Waals surface area contributed by atoms with Crippen LogP contribution in [0.4, 0.5) is 0 Å². The summed E-state index contributed by atoms with van der Waals surface area (Å²) in [5.41, 5.74) is 0.660. The number of unbranched alkanes of at least 4 members (excludes halogenated alkanes) is 2. The first-order valence-corrected chi connectivity index (χ1v) is 43.6. The summed E-state index contributed by atoms with van der Waals surface area (Å²) in [6.45, 7) is 11.7. The van der Waals surface area contributed by atoms with Crippen LogP contribution in [-0.2, 0) is 207 Å². The molecule has 0 spiro atoms. The van der Waals surface area contributed by atoms with Crippen molar-refractivity contribution < 1.29 is 200 Å². The maximum absolute atomic E-state index is 14.4. The van der Waals surface area contributed by atoms with E-state index < -0.39 is 231 Å². The number of benzene rings is 1. The van der Waals surface area contributed by atoms with Gasteiger partial charge in [-0.05, 0) is 44.1 Å². The molecule has 1 unspecified atom stereocenters. The molecular weight excluding hydrogens is 1800 g/mol. The van der Waals surface area contributed by atoms with Gasteiger partial charge in [0.05, 0.1) is 119 Å². The second kappa shape index (κ2) is 68.6. The molecule has 1 aromatic carbocycles. The number of hydrogen-bond acceptors (Lipinski definition) is 42. The second-order valence-electron chi connectivity index (χ2n) is 30.1. The summed E-state index contributed by atoms with van der Waals surface area (Å²) in [6, 6.07) is 2.76. The number of amides is 7. The van der Waals surface area contributed by atoms with Gasteiger partial charge in [0.1, 0.15) is 94.8 Å². The zero-order valence-corrected chi connectivity index (χ0v) is 77.7. The van der Waals surface area contributed by atoms with E-state index in [4.69, 9.17) is 118 Å². The van der Waals surface area contributed by atoms with Crippen molar-refractivity contribution in [3.8, 4) is 0 Å². The Labute approximate surface area is 782 Å². The highest BCUT2D eigenvalue weighted by molar-refractivity contribution is 5.91. The van der Waals surface area contributed by atoms with Crippen molar-refractivity contribution >= 4 is 101 Å². The summed E-state index contributed by atoms with van der Waals surface area (Å²) < 4.78 is 139. The summed E-state index contributed by atoms with van der Waals surface area (Å²) in [4.78, 5) is 212. The van der Waals surface area contributed by atoms with Crippen molar-refractivity contribution in [2.24, 2.45) is 0 Å². The van der Waals surface area contributed by atoms with Gasteiger partial charge in [0.25, 0.3) is 0 Å². The van der Waals surface area contributed by atoms with Crippen LogP contribution in [0.15, 0.2) is 30.3 Å². The van der Waals surface area contributed by atoms with Gasteiger partial charge < -0.3 is 156 Å². The molecule has 1 aromatic rings. The van der Waals surface area contributed by atoms with Crippen molar-refractivity contribution in [2.45, 2.75) is 240 Å². The van der Waals surface area contributed by atoms with Gasteiger partial charge >= 0.3 is 59.7 Å². The molecule has 3 aliphatic rings. The van der Waals surface area contributed by atoms with Crippen LogP contribution in [0.5, 0.6) is 0 Å². The lowest BCUT2D eigenvalue weighted by molar-refractivity contribution is -0.279. The Morgan fingerprint density at radius 3 is 0.889 bits per heavy atom. The van der Waals surface area contributed by atoms with E-state index in [-0.39, 0.29) is 185 Å². The molecule has 0 aromatic heterocycles. The number of nitrogens with one attached hydrogen (secondary N) is 7. The van der Waals surface area contributed by atoms with Crippen LogP contribution in [0.3, 0.4) is 0 Å². The normalized spacial score (nSPS) is 21.6. The second-order valence-corrected chi connectivity index (χ2v) is 30.1. The van der Waals surface area contributed by atoms with Crippen LogP contribution in [0.2, 0.25) is 0 Å². The van der Waals surface area contributed by atoms with E-state index >= 15 is 0 Å². The molecule has 135 heavy (non-hydrogen) atoms. The SMILES string of the molecule is C.CC(=O)NC1[C@H](OCCOCCOCCOCC(=O)NCCCC[C@H](NC(=O)[C@H](CCCCNC(=O)COCCOCCOCCO[C@@H]2O[C@H](COC(C)=O)[C@H](OC(C)=O)[C@H](OC(C)=O)[C@H]2NC(C)=O)NC(=O)COCCOCCOCCO[C@@H]2O[C@H](COC(C)=O)[C@H](OC(C)=O)[C@H](OC(C)=O)[C@H]2NC(C)=O)C(=O)OCc2ccccc2)O[C@H](COC(C)=O)[C@H](OC(C)=O)[C@@H]1OC(C)=O. The molecule has 3 heterocycles. The lowest BCUT2D eigenvalue weighted by atomic mass is 9.96. The summed E-state index contributed by atoms with van der Waals surface area (Å²) >= 11 is 0. The number of ether oxygens (including phenoxy) is 25. The highest BCUT2D eigenvalue weighted by atomic mass is 16.7. The zero-order chi connectivity index (χ0) is 98.7. The first-order valence-electron chi connectivity index (χ1n) is 43.6. The molecule has 49 nitrogen and oxygen atoms in total. The number of carbonyl (C=O) groups excluding carboxylic acids is 17. The molecular formula is C86H135N7O42. The molecule has 4 rings (SSSR count). The smallest absolute Gasteiger partial charge is 0.328 e. The van der Waals surface area contributed by atoms with E-state index in [2.05, 4.69) is 37.2 Å². The molecule has 766 valence electrons. The molecule has 0 bridgehead atoms. The number of hydrogen-bond donors (Lipinski definition) is 7. The third kappa shape index (κ3) is 51.9. The largest absolute Gasteiger partial charge is 0.463 e. The summed E-state index contributed by atoms with van der Waals surface area (Å²) in [5.74, 6) is -11.4. The number of esters is 10. The van der Waals surface area contributed by atoms with Gasteiger partial charge in [-0.2, -0.15) is 0 Å². The first-order chi connectivity index (χ1) is 64.0. The number of carbonyl (C=O) groups is 17. The minimum atomic E-state index is -1.33. The topological polar surface area (TPSA) is 605 Å². The van der Waals surface area contributed by atoms with Crippen molar-refractivity contribution in [2.75, 3.05) is 172 Å². The Kier molecular flexibility index (Phi) is 60.3. The molecule has 3 saturated heterocycles. The van der Waals surface area contributed by atoms with Crippen molar-refractivity contribution in [3.63, 3.8) is 0 Å². The van der Waals surface area contributed by atoms with E-state index in [1.165, 1.54) is 20.8 Å². The summed E-state index contributed by atoms with van der Waals surface area (Å²) in [7, 11) is 0. The Balaban J connectivity index is 0.0000469. The average Bonchev–Trinajstić information content (AvgIpc) is 0.794. The van der Waals surface area contributed by atoms with Crippen molar-refractivity contribution in [3.05, 3.63) is 35.9 Å². The highest BCUT2D eigenvalue weighted by Crippen LogP contribution is 2.32. The molecule has 0 aliphatic carbocycles. The van der Waals surface area contributed by atoms with Crippen molar-refractivity contribution in [1.29, 1.82) is 0 Å². The molecule has 17 atom stereocenters. The Bertz CT molecular complexity index is 3790. The van der Waals surface area contributed by atoms with E-state index in [0.29, 0.717) is 18.4 Å². The van der Waals surface area contributed by atoms with Crippen LogP contribution >= 0.6 is 0 Å². The fraction of sp³-hybridized carbons (Fsp3) is 0.733. The first kappa shape index (κ1) is 119. The standard InChI is InChI=1S/C85H131N7O42.CH4/c1-51(93)88-72-78(129-60(10)102)75(126-57(7)99)66(45-122-54(4)96)132-83(72)119-41-38-113-29-26-110-32-35-116-48-69(105)86-24-18-16-22-64(91-71(107)50-118-37-34-112-28-31-115-40-43-121-85-74(90-53(3)95)80(131-62(12)104)77(128-59(9)101)68(134-85)47-124-56(6)98)81(108)92-65(82(109)125-44-63-20-14-13-15-21-63)23-17-19-25-87-70(106)49-117-36-33-111-27-30-114-39-42-120-84-73(89-52(2)94)79(130-61(11)103)76(127-58(8)100)67(133-84)46-123-55(5)97;/h13-15,20-21,64-68,72-80,83-85H,16-19,22-50H2,1-12H3,(H,86,105)(H,87,106)(H,88,93)(H,89,94)(H,90,95)(H,91,107)(H,92,108);1H4/t64-,65-,66+,67+,68+,72+,73?,74+,75-,76-,77-,78+,79+,80+,83+,84+,85+;/m0./s1. The van der Waals surface area contributed by atoms with Crippen LogP contribution < -0.4 is 37.2 Å². The van der Waals surface area contributed by atoms with Crippen LogP contribution in [0.1, 0.15) is 135 Å². The van der Waals surface area contributed by atoms with E-state index in [9.17, 15) is 81.5 Å². The lowest BCUT2D eigenvalue weighted by Gasteiger charge is -2.44. The van der Waals surface area contributed by atoms with Gasteiger partial charge in [0, 0.05) is 96.2 Å². The van der Waals surface area contributed by atoms with Crippen LogP contribution in [0, 0.1) is 0 Å². The van der Waals surface area contributed by atoms with Gasteiger partial charge in [-0.3, -0.25) is 76.7 Å². The summed E-state index contributed by atoms with van der Waals surface area (Å²) in [6.07, 6.45) is -14.0. The predicted molar refractivity (Wildman–Crippen MR) is 458 cm³/mol. The van der Waals surface area contributed by atoms with Crippen molar-refractivity contribution in [1.82, 2.24) is 37.2 Å². The van der Waals surface area contributed by atoms with Crippen LogP contribution in [0.25, 0.3) is 0 Å². The molecule has 7 amide bonds. The highest BCUT2D eigenvalue weighted by Gasteiger charge is 2.55. The average molecular weight is 1940 g/mol. The summed E-state index contributed by atoms with van der Waals surface area (Å²) in [5, 5.41) is 18.7. The lowest BCUT2D eigenvalue weighted by Crippen LogP contribution is -2.66. The molecule has 7 N–H and O–H groups in total. The molecule has 3 aliphatic heterocycles. The van der Waals surface area contributed by atoms with Gasteiger partial charge in [-0.15, -0.1) is 0 Å². The van der Waals surface area contributed by atoms with Gasteiger partial charge in [-0.1, -0.05) is 37.8 Å². The maximum Gasteiger partial charge on any atom is 0.328 e. The Hall–Kier alpha value is -10.4. The van der Waals surface area contributed by atoms with Crippen LogP contribution in [-0.4, -0.2) is 377 Å². The third-order valence-electron chi connectivity index (χ3n) is 18.6. The number of rotatable bonds is 67. The van der Waals surface area contributed by atoms with E-state index in [0.717, 1.165) is 62.3 Å². The van der Waals surface area contributed by atoms with Gasteiger partial charge in [-0.25, -0.2) is 4.79 Å². The minimum absolute atomic E-state index is 0. The van der Waals surface area contributed by atoms with Gasteiger partial charge in [0.15, 0.2) is 55.5 Å². The van der Waals surface area contributed by atoms with Gasteiger partial charge in [0.2, 0.25) is 41.4 Å².